The molecule has 2 N–H and O–H groups in total. The first-order valence-electron chi connectivity index (χ1n) is 4.39. The molecule has 0 fully saturated rings. The predicted molar refractivity (Wildman–Crippen MR) is 56.7 cm³/mol. The van der Waals surface area contributed by atoms with Gasteiger partial charge in [-0.05, 0) is 12.1 Å². The summed E-state index contributed by atoms with van der Waals surface area (Å²) in [6.07, 6.45) is 0. The molecule has 2 rings (SSSR count). The smallest absolute Gasteiger partial charge is 0.269 e. The minimum absolute atomic E-state index is 0.0776. The van der Waals surface area contributed by atoms with E-state index < -0.39 is 11.5 Å². The van der Waals surface area contributed by atoms with Crippen LogP contribution in [-0.4, -0.2) is 15.5 Å². The van der Waals surface area contributed by atoms with E-state index in [-0.39, 0.29) is 5.95 Å². The van der Waals surface area contributed by atoms with Crippen LogP contribution in [0.25, 0.3) is 10.9 Å². The highest BCUT2D eigenvalue weighted by atomic mass is 16.2. The molecule has 5 heteroatoms. The highest BCUT2D eigenvalue weighted by Crippen LogP contribution is 2.08. The molecule has 0 bridgehead atoms. The predicted octanol–water partition coefficient (Wildman–Crippen LogP) is 0.639. The molecule has 1 aromatic carbocycles. The van der Waals surface area contributed by atoms with Gasteiger partial charge in [0.15, 0.2) is 0 Å². The Bertz CT molecular complexity index is 601. The summed E-state index contributed by atoms with van der Waals surface area (Å²) in [6.45, 7) is 1.27. The Labute approximate surface area is 85.2 Å². The molecule has 0 amide bonds. The standard InChI is InChI=1S/C10H9N3O2/c1-6(14)13-9(15)7-4-2-3-5-8(7)12-10(13)11/h2-5H,1H3,(H2,11,12). The second kappa shape index (κ2) is 3.20. The SMILES string of the molecule is CC(=O)n1c(N)nc2ccccc2c1=O. The fourth-order valence-electron chi connectivity index (χ4n) is 1.45. The normalized spacial score (nSPS) is 10.5. The zero-order valence-electron chi connectivity index (χ0n) is 8.10. The van der Waals surface area contributed by atoms with Crippen molar-refractivity contribution in [3.8, 4) is 0 Å². The van der Waals surface area contributed by atoms with E-state index in [4.69, 9.17) is 5.73 Å². The summed E-state index contributed by atoms with van der Waals surface area (Å²) < 4.78 is 0.863. The molecular formula is C10H9N3O2. The van der Waals surface area contributed by atoms with Gasteiger partial charge in [-0.25, -0.2) is 9.55 Å². The van der Waals surface area contributed by atoms with Crippen molar-refractivity contribution in [3.05, 3.63) is 34.6 Å². The van der Waals surface area contributed by atoms with Crippen LogP contribution >= 0.6 is 0 Å². The van der Waals surface area contributed by atoms with Crippen molar-refractivity contribution in [1.29, 1.82) is 0 Å². The molecule has 0 unspecified atom stereocenters. The summed E-state index contributed by atoms with van der Waals surface area (Å²) in [4.78, 5) is 27.0. The van der Waals surface area contributed by atoms with Crippen LogP contribution in [0.15, 0.2) is 29.1 Å². The van der Waals surface area contributed by atoms with Gasteiger partial charge in [-0.2, -0.15) is 0 Å². The highest BCUT2D eigenvalue weighted by molar-refractivity contribution is 5.85. The van der Waals surface area contributed by atoms with Gasteiger partial charge in [0.05, 0.1) is 10.9 Å². The minimum Gasteiger partial charge on any atom is -0.369 e. The maximum absolute atomic E-state index is 11.8. The van der Waals surface area contributed by atoms with E-state index >= 15 is 0 Å². The zero-order chi connectivity index (χ0) is 11.0. The van der Waals surface area contributed by atoms with Crippen LogP contribution in [0.1, 0.15) is 11.7 Å². The molecule has 15 heavy (non-hydrogen) atoms. The third-order valence-electron chi connectivity index (χ3n) is 2.12. The topological polar surface area (TPSA) is 78.0 Å². The number of carbonyl (C=O) groups excluding carboxylic acids is 1. The number of nitrogens with zero attached hydrogens (tertiary/aromatic N) is 2. The summed E-state index contributed by atoms with van der Waals surface area (Å²) >= 11 is 0. The number of fused-ring (bicyclic) bond motifs is 1. The van der Waals surface area contributed by atoms with Crippen molar-refractivity contribution in [3.63, 3.8) is 0 Å². The molecule has 0 saturated carbocycles. The zero-order valence-corrected chi connectivity index (χ0v) is 8.10. The lowest BCUT2D eigenvalue weighted by atomic mass is 10.2. The lowest BCUT2D eigenvalue weighted by Crippen LogP contribution is -2.28. The number of hydrogen-bond donors (Lipinski definition) is 1. The lowest BCUT2D eigenvalue weighted by Gasteiger charge is -2.05. The summed E-state index contributed by atoms with van der Waals surface area (Å²) in [7, 11) is 0. The molecule has 0 aliphatic carbocycles. The first kappa shape index (κ1) is 9.39. The van der Waals surface area contributed by atoms with Gasteiger partial charge in [0, 0.05) is 6.92 Å². The average Bonchev–Trinajstić information content (AvgIpc) is 2.17. The monoisotopic (exact) mass is 203 g/mol. The second-order valence-corrected chi connectivity index (χ2v) is 3.15. The van der Waals surface area contributed by atoms with Crippen LogP contribution < -0.4 is 11.3 Å². The minimum atomic E-state index is -0.434. The molecule has 0 aliphatic heterocycles. The Morgan fingerprint density at radius 1 is 1.40 bits per heavy atom. The Hall–Kier alpha value is -2.17. The number of nitrogen functional groups attached to an aromatic ring is 1. The molecule has 0 aliphatic rings. The van der Waals surface area contributed by atoms with Gasteiger partial charge in [0.1, 0.15) is 0 Å². The fourth-order valence-corrected chi connectivity index (χ4v) is 1.45. The molecule has 0 spiro atoms. The highest BCUT2D eigenvalue weighted by Gasteiger charge is 2.10. The van der Waals surface area contributed by atoms with Crippen LogP contribution in [0.4, 0.5) is 5.95 Å². The number of nitrogens with two attached hydrogens (primary N) is 1. The second-order valence-electron chi connectivity index (χ2n) is 3.15. The lowest BCUT2D eigenvalue weighted by molar-refractivity contribution is 0.0935. The number of carbonyl (C=O) groups is 1. The van der Waals surface area contributed by atoms with Gasteiger partial charge in [-0.1, -0.05) is 12.1 Å². The number of benzene rings is 1. The van der Waals surface area contributed by atoms with E-state index in [0.29, 0.717) is 10.9 Å². The quantitative estimate of drug-likeness (QED) is 0.681. The van der Waals surface area contributed by atoms with E-state index in [2.05, 4.69) is 4.98 Å². The summed E-state index contributed by atoms with van der Waals surface area (Å²) in [5.74, 6) is -0.512. The van der Waals surface area contributed by atoms with Crippen molar-refractivity contribution in [2.75, 3.05) is 5.73 Å². The molecule has 2 aromatic rings. The third-order valence-corrected chi connectivity index (χ3v) is 2.12. The maximum atomic E-state index is 11.8. The number of para-hydroxylation sites is 1. The number of anilines is 1. The Balaban J connectivity index is 2.97. The van der Waals surface area contributed by atoms with Gasteiger partial charge in [-0.3, -0.25) is 9.59 Å². The Morgan fingerprint density at radius 3 is 2.73 bits per heavy atom. The van der Waals surface area contributed by atoms with Gasteiger partial charge < -0.3 is 5.73 Å². The average molecular weight is 203 g/mol. The van der Waals surface area contributed by atoms with Crippen molar-refractivity contribution in [1.82, 2.24) is 9.55 Å². The Morgan fingerprint density at radius 2 is 2.07 bits per heavy atom. The first-order chi connectivity index (χ1) is 7.11. The maximum Gasteiger partial charge on any atom is 0.269 e. The molecule has 0 radical (unpaired) electrons. The molecular weight excluding hydrogens is 194 g/mol. The van der Waals surface area contributed by atoms with Crippen LogP contribution in [0, 0.1) is 0 Å². The van der Waals surface area contributed by atoms with Crippen LogP contribution in [0.2, 0.25) is 0 Å². The largest absolute Gasteiger partial charge is 0.369 e. The number of hydrogen-bond acceptors (Lipinski definition) is 4. The fraction of sp³-hybridized carbons (Fsp3) is 0.100. The molecule has 0 saturated heterocycles. The summed E-state index contributed by atoms with van der Waals surface area (Å²) in [5, 5.41) is 0.391. The van der Waals surface area contributed by atoms with E-state index in [1.54, 1.807) is 24.3 Å². The van der Waals surface area contributed by atoms with E-state index in [1.807, 2.05) is 0 Å². The van der Waals surface area contributed by atoms with Crippen LogP contribution in [0.5, 0.6) is 0 Å². The third kappa shape index (κ3) is 1.38. The Kier molecular flexibility index (Phi) is 2.00. The van der Waals surface area contributed by atoms with Crippen LogP contribution in [-0.2, 0) is 0 Å². The van der Waals surface area contributed by atoms with E-state index in [0.717, 1.165) is 4.57 Å². The van der Waals surface area contributed by atoms with Gasteiger partial charge in [0.2, 0.25) is 11.9 Å². The summed E-state index contributed by atoms with van der Waals surface area (Å²) in [5.41, 5.74) is 5.59. The molecule has 1 aromatic heterocycles. The molecule has 76 valence electrons. The molecule has 1 heterocycles. The number of rotatable bonds is 0. The van der Waals surface area contributed by atoms with Gasteiger partial charge in [-0.15, -0.1) is 0 Å². The van der Waals surface area contributed by atoms with Crippen molar-refractivity contribution >= 4 is 22.8 Å². The molecule has 0 atom stereocenters. The van der Waals surface area contributed by atoms with E-state index in [9.17, 15) is 9.59 Å². The van der Waals surface area contributed by atoms with Crippen molar-refractivity contribution < 1.29 is 4.79 Å². The van der Waals surface area contributed by atoms with Gasteiger partial charge >= 0.3 is 0 Å². The van der Waals surface area contributed by atoms with Crippen molar-refractivity contribution in [2.24, 2.45) is 0 Å². The first-order valence-corrected chi connectivity index (χ1v) is 4.39. The van der Waals surface area contributed by atoms with E-state index in [1.165, 1.54) is 6.92 Å². The summed E-state index contributed by atoms with van der Waals surface area (Å²) in [6, 6.07) is 6.76. The molecule has 5 nitrogen and oxygen atoms in total. The van der Waals surface area contributed by atoms with Crippen LogP contribution in [0.3, 0.4) is 0 Å². The van der Waals surface area contributed by atoms with Crippen molar-refractivity contribution in [2.45, 2.75) is 6.92 Å². The van der Waals surface area contributed by atoms with Gasteiger partial charge in [0.25, 0.3) is 5.56 Å². The number of aromatic nitrogens is 2.